The lowest BCUT2D eigenvalue weighted by molar-refractivity contribution is 0.0126. The summed E-state index contributed by atoms with van der Waals surface area (Å²) in [5.41, 5.74) is 0.911. The van der Waals surface area contributed by atoms with Gasteiger partial charge in [0.2, 0.25) is 0 Å². The zero-order valence-corrected chi connectivity index (χ0v) is 12.4. The molecule has 0 spiro atoms. The van der Waals surface area contributed by atoms with E-state index < -0.39 is 0 Å². The van der Waals surface area contributed by atoms with Gasteiger partial charge in [0.05, 0.1) is 39.6 Å². The fourth-order valence-corrected chi connectivity index (χ4v) is 1.76. The van der Waals surface area contributed by atoms with Gasteiger partial charge in [0.15, 0.2) is 0 Å². The van der Waals surface area contributed by atoms with Gasteiger partial charge in [-0.1, -0.05) is 13.3 Å². The number of unbranched alkanes of at least 4 members (excludes halogenated alkanes) is 1. The number of nitrogens with zero attached hydrogens (tertiary/aromatic N) is 1. The van der Waals surface area contributed by atoms with Gasteiger partial charge in [0.25, 0.3) is 0 Å². The third-order valence-electron chi connectivity index (χ3n) is 2.95. The van der Waals surface area contributed by atoms with Gasteiger partial charge < -0.3 is 23.9 Å². The largest absolute Gasteiger partial charge is 0.390 e. The van der Waals surface area contributed by atoms with Crippen LogP contribution in [0.15, 0.2) is 18.3 Å². The van der Waals surface area contributed by atoms with Gasteiger partial charge in [-0.2, -0.15) is 0 Å². The van der Waals surface area contributed by atoms with Crippen molar-refractivity contribution >= 4 is 0 Å². The number of hydrogen-bond acceptors (Lipinski definition) is 4. The Morgan fingerprint density at radius 2 is 1.65 bits per heavy atom. The minimum atomic E-state index is 0.0636. The van der Waals surface area contributed by atoms with Crippen LogP contribution < -0.4 is 0 Å². The van der Waals surface area contributed by atoms with Crippen molar-refractivity contribution in [1.82, 2.24) is 4.57 Å². The van der Waals surface area contributed by atoms with Crippen molar-refractivity contribution < 1.29 is 19.3 Å². The molecule has 20 heavy (non-hydrogen) atoms. The van der Waals surface area contributed by atoms with Crippen LogP contribution in [0, 0.1) is 0 Å². The average Bonchev–Trinajstić information content (AvgIpc) is 2.92. The maximum absolute atomic E-state index is 9.09. The number of aliphatic hydroxyl groups excluding tert-OH is 1. The molecule has 0 saturated heterocycles. The Balaban J connectivity index is 1.85. The zero-order valence-electron chi connectivity index (χ0n) is 12.4. The van der Waals surface area contributed by atoms with Crippen LogP contribution in [-0.2, 0) is 27.4 Å². The number of ether oxygens (including phenoxy) is 3. The van der Waals surface area contributed by atoms with Gasteiger partial charge in [-0.3, -0.25) is 0 Å². The molecule has 0 amide bonds. The SMILES string of the molecule is CCCCOCCOCCOCCn1cccc1CO. The summed E-state index contributed by atoms with van der Waals surface area (Å²) in [6, 6.07) is 3.83. The van der Waals surface area contributed by atoms with Crippen LogP contribution in [0.3, 0.4) is 0 Å². The molecule has 0 bridgehead atoms. The average molecular weight is 285 g/mol. The Kier molecular flexibility index (Phi) is 10.2. The highest BCUT2D eigenvalue weighted by Gasteiger charge is 1.98. The van der Waals surface area contributed by atoms with Crippen LogP contribution in [0.4, 0.5) is 0 Å². The molecule has 116 valence electrons. The normalized spacial score (nSPS) is 11.1. The monoisotopic (exact) mass is 285 g/mol. The first kappa shape index (κ1) is 17.2. The Bertz CT molecular complexity index is 327. The van der Waals surface area contributed by atoms with E-state index in [2.05, 4.69) is 6.92 Å². The minimum absolute atomic E-state index is 0.0636. The predicted molar refractivity (Wildman–Crippen MR) is 77.7 cm³/mol. The van der Waals surface area contributed by atoms with Crippen molar-refractivity contribution in [3.05, 3.63) is 24.0 Å². The van der Waals surface area contributed by atoms with Crippen LogP contribution in [0.2, 0.25) is 0 Å². The van der Waals surface area contributed by atoms with E-state index in [0.717, 1.165) is 31.7 Å². The molecule has 0 aromatic carbocycles. The number of aromatic nitrogens is 1. The molecule has 5 nitrogen and oxygen atoms in total. The van der Waals surface area contributed by atoms with Crippen LogP contribution in [-0.4, -0.2) is 49.3 Å². The Morgan fingerprint density at radius 1 is 1.00 bits per heavy atom. The molecule has 1 rings (SSSR count). The van der Waals surface area contributed by atoms with E-state index in [1.807, 2.05) is 22.9 Å². The quantitative estimate of drug-likeness (QED) is 0.562. The summed E-state index contributed by atoms with van der Waals surface area (Å²) >= 11 is 0. The first-order valence-electron chi connectivity index (χ1n) is 7.36. The van der Waals surface area contributed by atoms with E-state index in [4.69, 9.17) is 19.3 Å². The van der Waals surface area contributed by atoms with E-state index >= 15 is 0 Å². The van der Waals surface area contributed by atoms with Crippen molar-refractivity contribution in [2.75, 3.05) is 39.6 Å². The lowest BCUT2D eigenvalue weighted by atomic mass is 10.4. The number of hydrogen-bond donors (Lipinski definition) is 1. The van der Waals surface area contributed by atoms with Crippen LogP contribution >= 0.6 is 0 Å². The third kappa shape index (κ3) is 7.65. The van der Waals surface area contributed by atoms with Crippen LogP contribution in [0.5, 0.6) is 0 Å². The molecule has 1 aromatic rings. The summed E-state index contributed by atoms with van der Waals surface area (Å²) in [5, 5.41) is 9.09. The molecule has 0 aliphatic heterocycles. The number of aliphatic hydroxyl groups is 1. The fraction of sp³-hybridized carbons (Fsp3) is 0.733. The molecule has 1 heterocycles. The highest BCUT2D eigenvalue weighted by molar-refractivity contribution is 5.05. The molecule has 1 aromatic heterocycles. The fourth-order valence-electron chi connectivity index (χ4n) is 1.76. The molecular weight excluding hydrogens is 258 g/mol. The lowest BCUT2D eigenvalue weighted by Gasteiger charge is -2.09. The number of rotatable bonds is 13. The maximum atomic E-state index is 9.09. The molecule has 1 N–H and O–H groups in total. The molecule has 0 unspecified atom stereocenters. The summed E-state index contributed by atoms with van der Waals surface area (Å²) in [6.07, 6.45) is 4.21. The highest BCUT2D eigenvalue weighted by atomic mass is 16.5. The first-order chi connectivity index (χ1) is 9.88. The summed E-state index contributed by atoms with van der Waals surface area (Å²) < 4.78 is 18.3. The zero-order chi connectivity index (χ0) is 14.5. The Morgan fingerprint density at radius 3 is 2.30 bits per heavy atom. The highest BCUT2D eigenvalue weighted by Crippen LogP contribution is 2.01. The second-order valence-corrected chi connectivity index (χ2v) is 4.54. The second kappa shape index (κ2) is 11.9. The van der Waals surface area contributed by atoms with Gasteiger partial charge in [0.1, 0.15) is 0 Å². The molecule has 5 heteroatoms. The van der Waals surface area contributed by atoms with Crippen molar-refractivity contribution in [2.24, 2.45) is 0 Å². The van der Waals surface area contributed by atoms with E-state index in [1.54, 1.807) is 0 Å². The van der Waals surface area contributed by atoms with E-state index in [9.17, 15) is 0 Å². The maximum Gasteiger partial charge on any atom is 0.0832 e. The standard InChI is InChI=1S/C15H27NO4/c1-2-3-8-18-10-12-20-13-11-19-9-7-16-6-4-5-15(16)14-17/h4-6,17H,2-3,7-14H2,1H3. The van der Waals surface area contributed by atoms with Gasteiger partial charge >= 0.3 is 0 Å². The molecule has 0 aliphatic rings. The second-order valence-electron chi connectivity index (χ2n) is 4.54. The minimum Gasteiger partial charge on any atom is -0.390 e. The first-order valence-corrected chi connectivity index (χ1v) is 7.36. The van der Waals surface area contributed by atoms with Gasteiger partial charge in [-0.05, 0) is 18.6 Å². The van der Waals surface area contributed by atoms with Crippen molar-refractivity contribution in [1.29, 1.82) is 0 Å². The predicted octanol–water partition coefficient (Wildman–Crippen LogP) is 1.83. The summed E-state index contributed by atoms with van der Waals surface area (Å²) in [5.74, 6) is 0. The molecule has 0 aliphatic carbocycles. The van der Waals surface area contributed by atoms with Gasteiger partial charge in [0, 0.05) is 25.0 Å². The van der Waals surface area contributed by atoms with Crippen LogP contribution in [0.1, 0.15) is 25.5 Å². The topological polar surface area (TPSA) is 52.9 Å². The third-order valence-corrected chi connectivity index (χ3v) is 2.95. The van der Waals surface area contributed by atoms with Gasteiger partial charge in [-0.25, -0.2) is 0 Å². The Hall–Kier alpha value is -0.880. The summed E-state index contributed by atoms with van der Waals surface area (Å²) in [6.45, 7) is 6.87. The lowest BCUT2D eigenvalue weighted by Crippen LogP contribution is -2.13. The molecule has 0 saturated carbocycles. The van der Waals surface area contributed by atoms with Crippen molar-refractivity contribution in [3.63, 3.8) is 0 Å². The van der Waals surface area contributed by atoms with Crippen molar-refractivity contribution in [3.8, 4) is 0 Å². The van der Waals surface area contributed by atoms with Crippen LogP contribution in [0.25, 0.3) is 0 Å². The van der Waals surface area contributed by atoms with E-state index in [-0.39, 0.29) is 6.61 Å². The summed E-state index contributed by atoms with van der Waals surface area (Å²) in [4.78, 5) is 0. The van der Waals surface area contributed by atoms with E-state index in [1.165, 1.54) is 0 Å². The Labute approximate surface area is 121 Å². The molecule has 0 radical (unpaired) electrons. The molecule has 0 atom stereocenters. The van der Waals surface area contributed by atoms with Gasteiger partial charge in [-0.15, -0.1) is 0 Å². The van der Waals surface area contributed by atoms with E-state index in [0.29, 0.717) is 33.0 Å². The smallest absolute Gasteiger partial charge is 0.0832 e. The summed E-state index contributed by atoms with van der Waals surface area (Å²) in [7, 11) is 0. The molecule has 0 fully saturated rings. The molecular formula is C15H27NO4. The van der Waals surface area contributed by atoms with Crippen molar-refractivity contribution in [2.45, 2.75) is 32.9 Å².